The lowest BCUT2D eigenvalue weighted by atomic mass is 10.2. The van der Waals surface area contributed by atoms with E-state index in [0.717, 1.165) is 12.8 Å². The number of nitrogens with one attached hydrogen (secondary N) is 2. The Morgan fingerprint density at radius 2 is 2.19 bits per heavy atom. The molecular weight excluding hydrogens is 207 g/mol. The highest BCUT2D eigenvalue weighted by molar-refractivity contribution is 5.89. The molecule has 0 aliphatic heterocycles. The third kappa shape index (κ3) is 3.88. The van der Waals surface area contributed by atoms with Gasteiger partial charge in [0.2, 0.25) is 0 Å². The number of carbonyl (C=O) groups is 1. The largest absolute Gasteiger partial charge is 0.338 e. The van der Waals surface area contributed by atoms with Crippen LogP contribution in [0.4, 0.5) is 14.9 Å². The van der Waals surface area contributed by atoms with Crippen LogP contribution in [0.5, 0.6) is 0 Å². The van der Waals surface area contributed by atoms with E-state index in [1.54, 1.807) is 19.1 Å². The molecule has 88 valence electrons. The first-order valence-corrected chi connectivity index (χ1v) is 5.44. The molecule has 16 heavy (non-hydrogen) atoms. The van der Waals surface area contributed by atoms with E-state index in [9.17, 15) is 9.18 Å². The Bertz CT molecular complexity index is 366. The summed E-state index contributed by atoms with van der Waals surface area (Å²) in [5.74, 6) is -0.314. The van der Waals surface area contributed by atoms with Crippen LogP contribution in [0.3, 0.4) is 0 Å². The third-order valence-corrected chi connectivity index (χ3v) is 2.25. The van der Waals surface area contributed by atoms with E-state index in [4.69, 9.17) is 0 Å². The fourth-order valence-corrected chi connectivity index (χ4v) is 1.22. The molecule has 0 atom stereocenters. The first kappa shape index (κ1) is 12.5. The quantitative estimate of drug-likeness (QED) is 0.758. The van der Waals surface area contributed by atoms with Gasteiger partial charge in [-0.15, -0.1) is 0 Å². The lowest BCUT2D eigenvalue weighted by Gasteiger charge is -2.07. The van der Waals surface area contributed by atoms with Crippen molar-refractivity contribution >= 4 is 11.7 Å². The second-order valence-corrected chi connectivity index (χ2v) is 3.70. The van der Waals surface area contributed by atoms with Gasteiger partial charge >= 0.3 is 6.03 Å². The van der Waals surface area contributed by atoms with Crippen LogP contribution in [-0.2, 0) is 0 Å². The number of halogens is 1. The molecule has 0 aliphatic rings. The highest BCUT2D eigenvalue weighted by Gasteiger charge is 2.03. The molecule has 1 aromatic carbocycles. The first-order valence-electron chi connectivity index (χ1n) is 5.44. The highest BCUT2D eigenvalue weighted by atomic mass is 19.1. The molecule has 0 saturated heterocycles. The summed E-state index contributed by atoms with van der Waals surface area (Å²) in [5, 5.41) is 5.27. The van der Waals surface area contributed by atoms with Gasteiger partial charge in [0.15, 0.2) is 0 Å². The molecular formula is C12H17FN2O. The molecule has 0 heterocycles. The summed E-state index contributed by atoms with van der Waals surface area (Å²) in [7, 11) is 0. The van der Waals surface area contributed by atoms with E-state index >= 15 is 0 Å². The normalized spacial score (nSPS) is 9.94. The maximum Gasteiger partial charge on any atom is 0.319 e. The molecule has 0 bridgehead atoms. The number of carbonyl (C=O) groups excluding carboxylic acids is 1. The van der Waals surface area contributed by atoms with Gasteiger partial charge in [0.25, 0.3) is 0 Å². The number of urea groups is 1. The molecule has 1 rings (SSSR count). The van der Waals surface area contributed by atoms with Gasteiger partial charge in [-0.05, 0) is 31.0 Å². The minimum atomic E-state index is -0.314. The molecule has 1 aromatic rings. The zero-order chi connectivity index (χ0) is 12.0. The summed E-state index contributed by atoms with van der Waals surface area (Å²) in [5.41, 5.74) is 1.04. The molecule has 0 aromatic heterocycles. The minimum Gasteiger partial charge on any atom is -0.338 e. The van der Waals surface area contributed by atoms with E-state index in [2.05, 4.69) is 17.6 Å². The van der Waals surface area contributed by atoms with Crippen LogP contribution in [0.2, 0.25) is 0 Å². The number of benzene rings is 1. The van der Waals surface area contributed by atoms with Gasteiger partial charge in [0.1, 0.15) is 5.82 Å². The predicted molar refractivity (Wildman–Crippen MR) is 63.1 cm³/mol. The van der Waals surface area contributed by atoms with Crippen molar-refractivity contribution < 1.29 is 9.18 Å². The zero-order valence-electron chi connectivity index (χ0n) is 9.64. The third-order valence-electron chi connectivity index (χ3n) is 2.25. The van der Waals surface area contributed by atoms with Crippen molar-refractivity contribution in [2.45, 2.75) is 26.7 Å². The maximum absolute atomic E-state index is 13.2. The minimum absolute atomic E-state index is 0.295. The van der Waals surface area contributed by atoms with E-state index in [1.165, 1.54) is 6.07 Å². The van der Waals surface area contributed by atoms with Crippen LogP contribution in [0.15, 0.2) is 18.2 Å². The van der Waals surface area contributed by atoms with Crippen molar-refractivity contribution in [3.05, 3.63) is 29.6 Å². The molecule has 2 amide bonds. The van der Waals surface area contributed by atoms with Crippen LogP contribution in [0.1, 0.15) is 25.3 Å². The van der Waals surface area contributed by atoms with Crippen LogP contribution in [0.25, 0.3) is 0 Å². The number of amides is 2. The second kappa shape index (κ2) is 6.10. The monoisotopic (exact) mass is 224 g/mol. The van der Waals surface area contributed by atoms with Gasteiger partial charge in [-0.3, -0.25) is 0 Å². The maximum atomic E-state index is 13.2. The number of unbranched alkanes of at least 4 members (excludes halogenated alkanes) is 1. The molecule has 0 fully saturated rings. The van der Waals surface area contributed by atoms with E-state index in [1.807, 2.05) is 0 Å². The van der Waals surface area contributed by atoms with Crippen molar-refractivity contribution in [2.75, 3.05) is 11.9 Å². The number of rotatable bonds is 4. The average molecular weight is 224 g/mol. The average Bonchev–Trinajstić information content (AvgIpc) is 2.24. The van der Waals surface area contributed by atoms with Crippen molar-refractivity contribution in [1.29, 1.82) is 0 Å². The number of hydrogen-bond acceptors (Lipinski definition) is 1. The van der Waals surface area contributed by atoms with Crippen LogP contribution in [0, 0.1) is 12.7 Å². The summed E-state index contributed by atoms with van der Waals surface area (Å²) in [6.07, 6.45) is 1.97. The molecule has 0 radical (unpaired) electrons. The van der Waals surface area contributed by atoms with E-state index in [0.29, 0.717) is 17.8 Å². The van der Waals surface area contributed by atoms with Gasteiger partial charge in [-0.1, -0.05) is 19.4 Å². The smallest absolute Gasteiger partial charge is 0.319 e. The fraction of sp³-hybridized carbons (Fsp3) is 0.417. The Morgan fingerprint density at radius 3 is 2.81 bits per heavy atom. The van der Waals surface area contributed by atoms with Crippen molar-refractivity contribution in [2.24, 2.45) is 0 Å². The lowest BCUT2D eigenvalue weighted by Crippen LogP contribution is -2.29. The van der Waals surface area contributed by atoms with Crippen molar-refractivity contribution in [1.82, 2.24) is 5.32 Å². The molecule has 2 N–H and O–H groups in total. The Balaban J connectivity index is 2.46. The van der Waals surface area contributed by atoms with Crippen molar-refractivity contribution in [3.8, 4) is 0 Å². The predicted octanol–water partition coefficient (Wildman–Crippen LogP) is 3.06. The Kier molecular flexibility index (Phi) is 4.76. The van der Waals surface area contributed by atoms with Crippen LogP contribution >= 0.6 is 0 Å². The van der Waals surface area contributed by atoms with Gasteiger partial charge in [-0.2, -0.15) is 0 Å². The first-order chi connectivity index (χ1) is 7.63. The molecule has 4 heteroatoms. The summed E-state index contributed by atoms with van der Waals surface area (Å²) in [6.45, 7) is 4.37. The molecule has 3 nitrogen and oxygen atoms in total. The lowest BCUT2D eigenvalue weighted by molar-refractivity contribution is 0.252. The van der Waals surface area contributed by atoms with Gasteiger partial charge in [-0.25, -0.2) is 9.18 Å². The summed E-state index contributed by atoms with van der Waals surface area (Å²) < 4.78 is 13.2. The Labute approximate surface area is 95.0 Å². The summed E-state index contributed by atoms with van der Waals surface area (Å²) >= 11 is 0. The number of anilines is 1. The number of aryl methyl sites for hydroxylation is 1. The topological polar surface area (TPSA) is 41.1 Å². The molecule has 0 unspecified atom stereocenters. The van der Waals surface area contributed by atoms with Crippen LogP contribution < -0.4 is 10.6 Å². The standard InChI is InChI=1S/C12H17FN2O/c1-3-4-7-14-12(16)15-10-6-5-9(2)11(13)8-10/h5-6,8H,3-4,7H2,1-2H3,(H2,14,15,16). The molecule has 0 saturated carbocycles. The zero-order valence-corrected chi connectivity index (χ0v) is 9.64. The Hall–Kier alpha value is -1.58. The van der Waals surface area contributed by atoms with E-state index in [-0.39, 0.29) is 11.8 Å². The molecule has 0 aliphatic carbocycles. The highest BCUT2D eigenvalue weighted by Crippen LogP contribution is 2.13. The fourth-order valence-electron chi connectivity index (χ4n) is 1.22. The van der Waals surface area contributed by atoms with Crippen LogP contribution in [-0.4, -0.2) is 12.6 Å². The SMILES string of the molecule is CCCCNC(=O)Nc1ccc(C)c(F)c1. The second-order valence-electron chi connectivity index (χ2n) is 3.70. The van der Waals surface area contributed by atoms with E-state index < -0.39 is 0 Å². The van der Waals surface area contributed by atoms with Gasteiger partial charge < -0.3 is 10.6 Å². The number of hydrogen-bond donors (Lipinski definition) is 2. The molecule has 0 spiro atoms. The summed E-state index contributed by atoms with van der Waals surface area (Å²) in [6, 6.07) is 4.33. The van der Waals surface area contributed by atoms with Gasteiger partial charge in [0.05, 0.1) is 0 Å². The van der Waals surface area contributed by atoms with Gasteiger partial charge in [0, 0.05) is 12.2 Å². The summed E-state index contributed by atoms with van der Waals surface area (Å²) in [4.78, 5) is 11.3. The Morgan fingerprint density at radius 1 is 1.44 bits per heavy atom. The van der Waals surface area contributed by atoms with Crippen molar-refractivity contribution in [3.63, 3.8) is 0 Å².